The highest BCUT2D eigenvalue weighted by Crippen LogP contribution is 2.33. The van der Waals surface area contributed by atoms with E-state index >= 15 is 0 Å². The lowest BCUT2D eigenvalue weighted by Crippen LogP contribution is -2.05. The van der Waals surface area contributed by atoms with Crippen molar-refractivity contribution in [2.45, 2.75) is 33.7 Å². The van der Waals surface area contributed by atoms with Gasteiger partial charge in [0.05, 0.1) is 11.5 Å². The second-order valence-electron chi connectivity index (χ2n) is 8.14. The van der Waals surface area contributed by atoms with Crippen LogP contribution in [0.3, 0.4) is 0 Å². The third-order valence-electron chi connectivity index (χ3n) is 5.82. The van der Waals surface area contributed by atoms with E-state index in [0.29, 0.717) is 23.5 Å². The number of tetrazole rings is 1. The van der Waals surface area contributed by atoms with E-state index in [2.05, 4.69) is 39.0 Å². The molecule has 0 radical (unpaired) electrons. The van der Waals surface area contributed by atoms with Gasteiger partial charge >= 0.3 is 0 Å². The largest absolute Gasteiger partial charge is 0.308 e. The summed E-state index contributed by atoms with van der Waals surface area (Å²) < 4.78 is 2.16. The predicted octanol–water partition coefficient (Wildman–Crippen LogP) is 4.41. The lowest BCUT2D eigenvalue weighted by atomic mass is 9.97. The Labute approximate surface area is 194 Å². The highest BCUT2D eigenvalue weighted by atomic mass is 16.6. The van der Waals surface area contributed by atoms with E-state index < -0.39 is 4.92 Å². The molecule has 0 aliphatic carbocycles. The fourth-order valence-corrected chi connectivity index (χ4v) is 4.21. The van der Waals surface area contributed by atoms with Gasteiger partial charge in [-0.1, -0.05) is 31.2 Å². The van der Waals surface area contributed by atoms with Crippen LogP contribution in [-0.2, 0) is 13.0 Å². The summed E-state index contributed by atoms with van der Waals surface area (Å²) in [5.74, 6) is 1.36. The van der Waals surface area contributed by atoms with Gasteiger partial charge < -0.3 is 4.57 Å². The lowest BCUT2D eigenvalue weighted by molar-refractivity contribution is -0.384. The highest BCUT2D eigenvalue weighted by molar-refractivity contribution is 5.82. The number of hydrogen-bond donors (Lipinski definition) is 1. The molecular weight excluding hydrogens is 432 g/mol. The fraction of sp³-hybridized carbons (Fsp3) is 0.208. The second kappa shape index (κ2) is 8.47. The van der Waals surface area contributed by atoms with Crippen molar-refractivity contribution in [3.05, 3.63) is 81.3 Å². The third-order valence-corrected chi connectivity index (χ3v) is 5.82. The van der Waals surface area contributed by atoms with Gasteiger partial charge in [-0.05, 0) is 53.4 Å². The fourth-order valence-electron chi connectivity index (χ4n) is 4.21. The van der Waals surface area contributed by atoms with Crippen molar-refractivity contribution in [3.63, 3.8) is 0 Å². The number of H-pyrrole nitrogens is 1. The summed E-state index contributed by atoms with van der Waals surface area (Å²) in [7, 11) is 0. The summed E-state index contributed by atoms with van der Waals surface area (Å²) in [5.41, 5.74) is 7.12. The standard InChI is InChI=1S/C24H22N8O2/c1-4-21-26-22-14(2)11-15(3)25-24(22)31(21)13-16-5-7-17(8-6-16)20-12-18(32(33)34)9-10-19(20)23-27-29-30-28-23/h5-12H,4,13H2,1-3H3,(H,27,28,29,30). The maximum Gasteiger partial charge on any atom is 0.270 e. The molecule has 0 atom stereocenters. The summed E-state index contributed by atoms with van der Waals surface area (Å²) in [6.07, 6.45) is 0.800. The second-order valence-corrected chi connectivity index (χ2v) is 8.14. The van der Waals surface area contributed by atoms with E-state index in [1.165, 1.54) is 12.1 Å². The van der Waals surface area contributed by atoms with Crippen LogP contribution in [0.25, 0.3) is 33.7 Å². The first-order valence-electron chi connectivity index (χ1n) is 10.9. The number of pyridine rings is 1. The molecule has 0 spiro atoms. The Hall–Kier alpha value is -4.47. The molecular formula is C24H22N8O2. The number of rotatable bonds is 6. The van der Waals surface area contributed by atoms with Crippen LogP contribution >= 0.6 is 0 Å². The van der Waals surface area contributed by atoms with Gasteiger partial charge in [-0.3, -0.25) is 10.1 Å². The summed E-state index contributed by atoms with van der Waals surface area (Å²) in [4.78, 5) is 20.5. The number of hydrogen-bond acceptors (Lipinski definition) is 7. The van der Waals surface area contributed by atoms with E-state index in [1.54, 1.807) is 6.07 Å². The van der Waals surface area contributed by atoms with E-state index in [4.69, 9.17) is 9.97 Å². The number of nitrogens with zero attached hydrogens (tertiary/aromatic N) is 7. The molecule has 0 unspecified atom stereocenters. The van der Waals surface area contributed by atoms with Crippen LogP contribution in [0.5, 0.6) is 0 Å². The van der Waals surface area contributed by atoms with Gasteiger partial charge in [-0.15, -0.1) is 10.2 Å². The normalized spacial score (nSPS) is 11.3. The van der Waals surface area contributed by atoms with Crippen LogP contribution in [-0.4, -0.2) is 40.1 Å². The molecule has 5 rings (SSSR count). The molecule has 170 valence electrons. The molecule has 2 aromatic carbocycles. The van der Waals surface area contributed by atoms with Crippen LogP contribution in [0.1, 0.15) is 29.6 Å². The molecule has 1 N–H and O–H groups in total. The van der Waals surface area contributed by atoms with E-state index in [1.807, 2.05) is 37.3 Å². The number of nitro benzene ring substituents is 1. The summed E-state index contributed by atoms with van der Waals surface area (Å²) in [6.45, 7) is 6.76. The molecule has 0 saturated carbocycles. The minimum absolute atomic E-state index is 0.000563. The SMILES string of the molecule is CCc1nc2c(C)cc(C)nc2n1Cc1ccc(-c2cc([N+](=O)[O-])ccc2-c2nn[nH]n2)cc1. The molecule has 0 amide bonds. The van der Waals surface area contributed by atoms with Crippen molar-refractivity contribution < 1.29 is 4.92 Å². The Bertz CT molecular complexity index is 1500. The molecule has 10 nitrogen and oxygen atoms in total. The van der Waals surface area contributed by atoms with Crippen LogP contribution < -0.4 is 0 Å². The van der Waals surface area contributed by atoms with E-state index in [9.17, 15) is 10.1 Å². The Kier molecular flexibility index (Phi) is 5.33. The van der Waals surface area contributed by atoms with Gasteiger partial charge in [0.1, 0.15) is 11.3 Å². The minimum atomic E-state index is -0.411. The summed E-state index contributed by atoms with van der Waals surface area (Å²) in [6, 6.07) is 14.6. The van der Waals surface area contributed by atoms with E-state index in [-0.39, 0.29) is 5.69 Å². The van der Waals surface area contributed by atoms with Crippen molar-refractivity contribution in [1.29, 1.82) is 0 Å². The molecule has 10 heteroatoms. The van der Waals surface area contributed by atoms with Crippen LogP contribution in [0.4, 0.5) is 5.69 Å². The Morgan fingerprint density at radius 1 is 1.03 bits per heavy atom. The number of aromatic nitrogens is 7. The molecule has 0 bridgehead atoms. The molecule has 3 heterocycles. The maximum absolute atomic E-state index is 11.4. The number of imidazole rings is 1. The average molecular weight is 454 g/mol. The number of benzene rings is 2. The third kappa shape index (κ3) is 3.79. The highest BCUT2D eigenvalue weighted by Gasteiger charge is 2.17. The molecule has 5 aromatic rings. The predicted molar refractivity (Wildman–Crippen MR) is 127 cm³/mol. The van der Waals surface area contributed by atoms with Gasteiger partial charge in [0, 0.05) is 29.8 Å². The van der Waals surface area contributed by atoms with Crippen LogP contribution in [0.2, 0.25) is 0 Å². The first-order valence-corrected chi connectivity index (χ1v) is 10.9. The number of aryl methyl sites for hydroxylation is 3. The number of nitro groups is 1. The Balaban J connectivity index is 1.54. The monoisotopic (exact) mass is 454 g/mol. The van der Waals surface area contributed by atoms with Crippen molar-refractivity contribution in [3.8, 4) is 22.5 Å². The zero-order valence-corrected chi connectivity index (χ0v) is 19.0. The zero-order chi connectivity index (χ0) is 23.8. The van der Waals surface area contributed by atoms with Gasteiger partial charge in [-0.25, -0.2) is 9.97 Å². The van der Waals surface area contributed by atoms with Gasteiger partial charge in [0.2, 0.25) is 5.82 Å². The molecule has 0 fully saturated rings. The maximum atomic E-state index is 11.4. The summed E-state index contributed by atoms with van der Waals surface area (Å²) in [5, 5.41) is 25.5. The molecule has 0 saturated heterocycles. The topological polar surface area (TPSA) is 128 Å². The molecule has 0 aliphatic rings. The number of aromatic amines is 1. The average Bonchev–Trinajstić information content (AvgIpc) is 3.48. The number of nitrogens with one attached hydrogen (secondary N) is 1. The van der Waals surface area contributed by atoms with Crippen molar-refractivity contribution in [2.24, 2.45) is 0 Å². The van der Waals surface area contributed by atoms with Crippen molar-refractivity contribution in [2.75, 3.05) is 0 Å². The molecule has 3 aromatic heterocycles. The number of non-ortho nitro benzene ring substituents is 1. The van der Waals surface area contributed by atoms with Crippen LogP contribution in [0.15, 0.2) is 48.5 Å². The minimum Gasteiger partial charge on any atom is -0.308 e. The quantitative estimate of drug-likeness (QED) is 0.297. The number of fused-ring (bicyclic) bond motifs is 1. The van der Waals surface area contributed by atoms with Crippen LogP contribution in [0, 0.1) is 24.0 Å². The van der Waals surface area contributed by atoms with Gasteiger partial charge in [-0.2, -0.15) is 5.21 Å². The first kappa shape index (κ1) is 21.4. The smallest absolute Gasteiger partial charge is 0.270 e. The Morgan fingerprint density at radius 2 is 1.82 bits per heavy atom. The first-order chi connectivity index (χ1) is 16.4. The van der Waals surface area contributed by atoms with Crippen molar-refractivity contribution in [1.82, 2.24) is 35.2 Å². The lowest BCUT2D eigenvalue weighted by Gasteiger charge is -2.11. The Morgan fingerprint density at radius 3 is 2.50 bits per heavy atom. The van der Waals surface area contributed by atoms with Gasteiger partial charge in [0.25, 0.3) is 5.69 Å². The van der Waals surface area contributed by atoms with Crippen molar-refractivity contribution >= 4 is 16.9 Å². The summed E-state index contributed by atoms with van der Waals surface area (Å²) >= 11 is 0. The molecule has 34 heavy (non-hydrogen) atoms. The van der Waals surface area contributed by atoms with Gasteiger partial charge in [0.15, 0.2) is 5.65 Å². The molecule has 0 aliphatic heterocycles. The van der Waals surface area contributed by atoms with E-state index in [0.717, 1.165) is 45.8 Å². The zero-order valence-electron chi connectivity index (χ0n) is 19.0.